The Labute approximate surface area is 128 Å². The number of phenols is 1. The molecule has 0 saturated carbocycles. The van der Waals surface area contributed by atoms with Crippen molar-refractivity contribution < 1.29 is 9.90 Å². The van der Waals surface area contributed by atoms with E-state index < -0.39 is 0 Å². The van der Waals surface area contributed by atoms with Crippen molar-refractivity contribution in [3.05, 3.63) is 59.2 Å². The van der Waals surface area contributed by atoms with Crippen LogP contribution in [-0.4, -0.2) is 16.8 Å². The minimum absolute atomic E-state index is 0.000870. The van der Waals surface area contributed by atoms with E-state index in [2.05, 4.69) is 11.4 Å². The predicted molar refractivity (Wildman–Crippen MR) is 86.8 cm³/mol. The summed E-state index contributed by atoms with van der Waals surface area (Å²) in [6.07, 6.45) is 1.02. The van der Waals surface area contributed by atoms with Gasteiger partial charge in [0.05, 0.1) is 0 Å². The second-order valence-electron chi connectivity index (χ2n) is 5.19. The van der Waals surface area contributed by atoms with E-state index in [4.69, 9.17) is 0 Å². The summed E-state index contributed by atoms with van der Waals surface area (Å²) in [6.45, 7) is 1.87. The first kappa shape index (κ1) is 14.0. The highest BCUT2D eigenvalue weighted by Gasteiger charge is 2.27. The summed E-state index contributed by atoms with van der Waals surface area (Å²) in [7, 11) is 0. The van der Waals surface area contributed by atoms with Crippen molar-refractivity contribution in [2.45, 2.75) is 18.6 Å². The number of hydrogen-bond donors (Lipinski definition) is 2. The van der Waals surface area contributed by atoms with E-state index in [1.165, 1.54) is 5.56 Å². The lowest BCUT2D eigenvalue weighted by Gasteiger charge is -2.24. The molecule has 1 atom stereocenters. The van der Waals surface area contributed by atoms with Gasteiger partial charge < -0.3 is 10.4 Å². The molecule has 1 unspecified atom stereocenters. The van der Waals surface area contributed by atoms with Crippen LogP contribution in [0, 0.1) is 6.92 Å². The van der Waals surface area contributed by atoms with Gasteiger partial charge in [-0.3, -0.25) is 4.79 Å². The normalized spacial score (nSPS) is 17.1. The Morgan fingerprint density at radius 3 is 2.90 bits per heavy atom. The summed E-state index contributed by atoms with van der Waals surface area (Å²) in [5.74, 6) is 1.17. The van der Waals surface area contributed by atoms with E-state index in [0.717, 1.165) is 29.0 Å². The number of anilines is 1. The van der Waals surface area contributed by atoms with Gasteiger partial charge in [0, 0.05) is 5.69 Å². The van der Waals surface area contributed by atoms with Crippen molar-refractivity contribution in [3.63, 3.8) is 0 Å². The van der Waals surface area contributed by atoms with Crippen LogP contribution < -0.4 is 5.32 Å². The molecule has 2 aromatic carbocycles. The van der Waals surface area contributed by atoms with Crippen LogP contribution in [-0.2, 0) is 11.2 Å². The van der Waals surface area contributed by atoms with Crippen molar-refractivity contribution >= 4 is 23.4 Å². The van der Waals surface area contributed by atoms with Crippen molar-refractivity contribution in [1.82, 2.24) is 0 Å². The zero-order valence-electron chi connectivity index (χ0n) is 11.8. The average Bonchev–Trinajstić information content (AvgIpc) is 2.49. The molecule has 0 saturated heterocycles. The standard InChI is InChI=1S/C17H17NO2S/c1-11-10-13(19)6-7-15(11)18-17(20)16-14-5-3-2-4-12(14)8-9-21-16/h2-7,10,16,19H,8-9H2,1H3,(H,18,20). The van der Waals surface area contributed by atoms with Gasteiger partial charge in [0.1, 0.15) is 11.0 Å². The largest absolute Gasteiger partial charge is 0.508 e. The molecule has 1 aliphatic heterocycles. The Morgan fingerprint density at radius 1 is 1.29 bits per heavy atom. The molecule has 1 heterocycles. The number of thioether (sulfide) groups is 1. The summed E-state index contributed by atoms with van der Waals surface area (Å²) in [4.78, 5) is 12.6. The SMILES string of the molecule is Cc1cc(O)ccc1NC(=O)C1SCCc2ccccc21. The van der Waals surface area contributed by atoms with Crippen LogP contribution in [0.3, 0.4) is 0 Å². The number of amides is 1. The maximum absolute atomic E-state index is 12.6. The van der Waals surface area contributed by atoms with Gasteiger partial charge in [-0.2, -0.15) is 0 Å². The fraction of sp³-hybridized carbons (Fsp3) is 0.235. The minimum atomic E-state index is -0.164. The number of benzene rings is 2. The number of aryl methyl sites for hydroxylation is 2. The van der Waals surface area contributed by atoms with Crippen molar-refractivity contribution in [2.75, 3.05) is 11.1 Å². The maximum Gasteiger partial charge on any atom is 0.242 e. The Hall–Kier alpha value is -1.94. The molecule has 0 radical (unpaired) electrons. The number of rotatable bonds is 2. The highest BCUT2D eigenvalue weighted by atomic mass is 32.2. The average molecular weight is 299 g/mol. The maximum atomic E-state index is 12.6. The van der Waals surface area contributed by atoms with Gasteiger partial charge in [0.2, 0.25) is 5.91 Å². The lowest BCUT2D eigenvalue weighted by atomic mass is 10.0. The van der Waals surface area contributed by atoms with Crippen LogP contribution in [0.5, 0.6) is 5.75 Å². The summed E-state index contributed by atoms with van der Waals surface area (Å²) in [5.41, 5.74) is 3.99. The Balaban J connectivity index is 1.83. The molecule has 0 fully saturated rings. The quantitative estimate of drug-likeness (QED) is 0.832. The number of fused-ring (bicyclic) bond motifs is 1. The third kappa shape index (κ3) is 2.90. The monoisotopic (exact) mass is 299 g/mol. The van der Waals surface area contributed by atoms with Crippen molar-refractivity contribution in [1.29, 1.82) is 0 Å². The third-order valence-corrected chi connectivity index (χ3v) is 4.94. The van der Waals surface area contributed by atoms with Gasteiger partial charge in [-0.1, -0.05) is 24.3 Å². The van der Waals surface area contributed by atoms with E-state index in [1.54, 1.807) is 30.0 Å². The number of carbonyl (C=O) groups excluding carboxylic acids is 1. The van der Waals surface area contributed by atoms with E-state index in [-0.39, 0.29) is 16.9 Å². The van der Waals surface area contributed by atoms with Crippen molar-refractivity contribution in [3.8, 4) is 5.75 Å². The lowest BCUT2D eigenvalue weighted by Crippen LogP contribution is -2.23. The highest BCUT2D eigenvalue weighted by Crippen LogP contribution is 2.37. The fourth-order valence-electron chi connectivity index (χ4n) is 2.60. The van der Waals surface area contributed by atoms with Gasteiger partial charge >= 0.3 is 0 Å². The van der Waals surface area contributed by atoms with E-state index >= 15 is 0 Å². The molecule has 21 heavy (non-hydrogen) atoms. The number of hydrogen-bond acceptors (Lipinski definition) is 3. The molecule has 2 aromatic rings. The molecule has 1 aliphatic rings. The highest BCUT2D eigenvalue weighted by molar-refractivity contribution is 8.00. The first-order valence-electron chi connectivity index (χ1n) is 6.95. The van der Waals surface area contributed by atoms with Crippen LogP contribution in [0.25, 0.3) is 0 Å². The van der Waals surface area contributed by atoms with Gasteiger partial charge in [-0.25, -0.2) is 0 Å². The predicted octanol–water partition coefficient (Wildman–Crippen LogP) is 3.67. The van der Waals surface area contributed by atoms with Crippen molar-refractivity contribution in [2.24, 2.45) is 0 Å². The molecular weight excluding hydrogens is 282 g/mol. The molecule has 0 aliphatic carbocycles. The number of phenolic OH excluding ortho intramolecular Hbond substituents is 1. The number of nitrogens with one attached hydrogen (secondary N) is 1. The summed E-state index contributed by atoms with van der Waals surface area (Å²) < 4.78 is 0. The molecular formula is C17H17NO2S. The van der Waals surface area contributed by atoms with Gasteiger partial charge in [-0.15, -0.1) is 11.8 Å². The molecule has 0 spiro atoms. The molecule has 3 nitrogen and oxygen atoms in total. The molecule has 4 heteroatoms. The van der Waals surface area contributed by atoms with Crippen LogP contribution in [0.2, 0.25) is 0 Å². The Kier molecular flexibility index (Phi) is 3.88. The Morgan fingerprint density at radius 2 is 2.10 bits per heavy atom. The molecule has 0 bridgehead atoms. The molecule has 1 amide bonds. The van der Waals surface area contributed by atoms with Gasteiger partial charge in [0.25, 0.3) is 0 Å². The molecule has 108 valence electrons. The minimum Gasteiger partial charge on any atom is -0.508 e. The van der Waals surface area contributed by atoms with E-state index in [1.807, 2.05) is 25.1 Å². The molecule has 0 aromatic heterocycles. The van der Waals surface area contributed by atoms with Crippen LogP contribution >= 0.6 is 11.8 Å². The lowest BCUT2D eigenvalue weighted by molar-refractivity contribution is -0.115. The topological polar surface area (TPSA) is 49.3 Å². The third-order valence-electron chi connectivity index (χ3n) is 3.70. The fourth-order valence-corrected chi connectivity index (χ4v) is 3.79. The summed E-state index contributed by atoms with van der Waals surface area (Å²) >= 11 is 1.68. The van der Waals surface area contributed by atoms with Gasteiger partial charge in [0.15, 0.2) is 0 Å². The number of carbonyl (C=O) groups is 1. The first-order valence-corrected chi connectivity index (χ1v) is 8.00. The van der Waals surface area contributed by atoms with E-state index in [9.17, 15) is 9.90 Å². The van der Waals surface area contributed by atoms with Crippen LogP contribution in [0.1, 0.15) is 21.9 Å². The summed E-state index contributed by atoms with van der Waals surface area (Å²) in [6, 6.07) is 13.1. The second-order valence-corrected chi connectivity index (χ2v) is 6.40. The second kappa shape index (κ2) is 5.82. The smallest absolute Gasteiger partial charge is 0.242 e. The molecule has 2 N–H and O–H groups in total. The first-order chi connectivity index (χ1) is 10.1. The van der Waals surface area contributed by atoms with Crippen LogP contribution in [0.4, 0.5) is 5.69 Å². The number of aromatic hydroxyl groups is 1. The zero-order valence-corrected chi connectivity index (χ0v) is 12.6. The van der Waals surface area contributed by atoms with Crippen LogP contribution in [0.15, 0.2) is 42.5 Å². The van der Waals surface area contributed by atoms with Gasteiger partial charge in [-0.05, 0) is 54.0 Å². The Bertz CT molecular complexity index is 684. The van der Waals surface area contributed by atoms with E-state index in [0.29, 0.717) is 0 Å². The zero-order chi connectivity index (χ0) is 14.8. The molecule has 3 rings (SSSR count). The summed E-state index contributed by atoms with van der Waals surface area (Å²) in [5, 5.41) is 12.2.